The first-order chi connectivity index (χ1) is 16.9. The molecule has 1 aliphatic rings. The van der Waals surface area contributed by atoms with Gasteiger partial charge < -0.3 is 10.2 Å². The van der Waals surface area contributed by atoms with Crippen molar-refractivity contribution >= 4 is 17.6 Å². The Labute approximate surface area is 202 Å². The van der Waals surface area contributed by atoms with Gasteiger partial charge in [0.2, 0.25) is 5.91 Å². The number of hydrogen-bond donors (Lipinski definition) is 1. The highest BCUT2D eigenvalue weighted by atomic mass is 19.1. The molecule has 1 aliphatic heterocycles. The number of nitrogens with one attached hydrogen (secondary N) is 1. The Morgan fingerprint density at radius 3 is 2.14 bits per heavy atom. The van der Waals surface area contributed by atoms with Crippen molar-refractivity contribution in [2.24, 2.45) is 5.92 Å². The molecule has 3 aromatic rings. The second-order valence-corrected chi connectivity index (χ2v) is 8.58. The van der Waals surface area contributed by atoms with Gasteiger partial charge in [0, 0.05) is 36.7 Å². The second-order valence-electron chi connectivity index (χ2n) is 8.58. The largest absolute Gasteiger partial charge is 0.356 e. The van der Waals surface area contributed by atoms with Crippen molar-refractivity contribution in [3.05, 3.63) is 107 Å². The minimum atomic E-state index is -0.440. The van der Waals surface area contributed by atoms with Gasteiger partial charge in [0.25, 0.3) is 5.91 Å². The Balaban J connectivity index is 1.34. The van der Waals surface area contributed by atoms with Crippen molar-refractivity contribution in [2.75, 3.05) is 19.6 Å². The zero-order valence-corrected chi connectivity index (χ0v) is 19.2. The molecule has 0 aliphatic carbocycles. The van der Waals surface area contributed by atoms with Gasteiger partial charge in [-0.1, -0.05) is 36.4 Å². The normalized spacial score (nSPS) is 13.9. The average Bonchev–Trinajstić information content (AvgIpc) is 2.89. The van der Waals surface area contributed by atoms with Crippen molar-refractivity contribution in [2.45, 2.75) is 19.3 Å². The summed E-state index contributed by atoms with van der Waals surface area (Å²) in [6.07, 6.45) is 1.42. The molecule has 180 valence electrons. The minimum absolute atomic E-state index is 0.0969. The molecule has 0 atom stereocenters. The highest BCUT2D eigenvalue weighted by molar-refractivity contribution is 6.15. The lowest BCUT2D eigenvalue weighted by atomic mass is 9.93. The Kier molecular flexibility index (Phi) is 7.65. The van der Waals surface area contributed by atoms with E-state index in [1.165, 1.54) is 30.3 Å². The summed E-state index contributed by atoms with van der Waals surface area (Å²) in [5.74, 6) is -1.67. The van der Waals surface area contributed by atoms with Gasteiger partial charge in [-0.15, -0.1) is 0 Å². The van der Waals surface area contributed by atoms with Crippen molar-refractivity contribution in [3.63, 3.8) is 0 Å². The average molecular weight is 477 g/mol. The Morgan fingerprint density at radius 1 is 0.829 bits per heavy atom. The van der Waals surface area contributed by atoms with Gasteiger partial charge in [0.05, 0.1) is 5.56 Å². The molecule has 0 aromatic heterocycles. The summed E-state index contributed by atoms with van der Waals surface area (Å²) in [6.45, 7) is 1.13. The van der Waals surface area contributed by atoms with Crippen LogP contribution in [-0.2, 0) is 11.2 Å². The fraction of sp³-hybridized carbons (Fsp3) is 0.250. The summed E-state index contributed by atoms with van der Waals surface area (Å²) < 4.78 is 27.0. The highest BCUT2D eigenvalue weighted by Crippen LogP contribution is 2.22. The third kappa shape index (κ3) is 5.80. The van der Waals surface area contributed by atoms with Crippen LogP contribution in [0.25, 0.3) is 0 Å². The SMILES string of the molecule is O=C(c1ccc(F)cc1)c1ccccc1C(=O)N1CCC(C(=O)NCCc2ccccc2F)CC1. The molecule has 7 heteroatoms. The third-order valence-electron chi connectivity index (χ3n) is 6.31. The molecule has 35 heavy (non-hydrogen) atoms. The molecule has 0 radical (unpaired) electrons. The van der Waals surface area contributed by atoms with E-state index >= 15 is 0 Å². The summed E-state index contributed by atoms with van der Waals surface area (Å²) in [7, 11) is 0. The smallest absolute Gasteiger partial charge is 0.254 e. The molecule has 3 aromatic carbocycles. The molecule has 4 rings (SSSR count). The fourth-order valence-electron chi connectivity index (χ4n) is 4.31. The summed E-state index contributed by atoms with van der Waals surface area (Å²) in [6, 6.07) is 18.3. The maximum Gasteiger partial charge on any atom is 0.254 e. The van der Waals surface area contributed by atoms with E-state index in [1.54, 1.807) is 47.4 Å². The summed E-state index contributed by atoms with van der Waals surface area (Å²) in [5, 5.41) is 2.87. The van der Waals surface area contributed by atoms with Crippen LogP contribution in [0.15, 0.2) is 72.8 Å². The number of nitrogens with zero attached hydrogens (tertiary/aromatic N) is 1. The van der Waals surface area contributed by atoms with E-state index in [4.69, 9.17) is 0 Å². The van der Waals surface area contributed by atoms with E-state index in [0.29, 0.717) is 50.0 Å². The van der Waals surface area contributed by atoms with Crippen LogP contribution < -0.4 is 5.32 Å². The van der Waals surface area contributed by atoms with Crippen molar-refractivity contribution < 1.29 is 23.2 Å². The number of likely N-dealkylation sites (tertiary alicyclic amines) is 1. The molecule has 0 saturated carbocycles. The van der Waals surface area contributed by atoms with E-state index < -0.39 is 5.82 Å². The standard InChI is InChI=1S/C28H26F2N2O3/c29-22-11-9-20(10-12-22)26(33)23-6-2-3-7-24(23)28(35)32-17-14-21(15-18-32)27(34)31-16-13-19-5-1-4-8-25(19)30/h1-12,21H,13-18H2,(H,31,34). The van der Waals surface area contributed by atoms with Crippen LogP contribution in [0.4, 0.5) is 8.78 Å². The molecular formula is C28H26F2N2O3. The lowest BCUT2D eigenvalue weighted by Crippen LogP contribution is -2.43. The molecule has 1 fully saturated rings. The third-order valence-corrected chi connectivity index (χ3v) is 6.31. The van der Waals surface area contributed by atoms with Gasteiger partial charge in [-0.3, -0.25) is 14.4 Å². The molecule has 0 spiro atoms. The second kappa shape index (κ2) is 11.0. The number of piperidine rings is 1. The van der Waals surface area contributed by atoms with Crippen LogP contribution in [0.3, 0.4) is 0 Å². The maximum absolute atomic E-state index is 13.7. The number of carbonyl (C=O) groups is 3. The molecule has 5 nitrogen and oxygen atoms in total. The first-order valence-electron chi connectivity index (χ1n) is 11.6. The van der Waals surface area contributed by atoms with Crippen LogP contribution in [0, 0.1) is 17.6 Å². The first-order valence-corrected chi connectivity index (χ1v) is 11.6. The van der Waals surface area contributed by atoms with Crippen molar-refractivity contribution in [1.29, 1.82) is 0 Å². The van der Waals surface area contributed by atoms with E-state index in [-0.39, 0.29) is 40.5 Å². The summed E-state index contributed by atoms with van der Waals surface area (Å²) >= 11 is 0. The zero-order valence-electron chi connectivity index (χ0n) is 19.2. The number of rotatable bonds is 7. The van der Waals surface area contributed by atoms with Gasteiger partial charge in [-0.25, -0.2) is 8.78 Å². The highest BCUT2D eigenvalue weighted by Gasteiger charge is 2.29. The van der Waals surface area contributed by atoms with Gasteiger partial charge >= 0.3 is 0 Å². The predicted molar refractivity (Wildman–Crippen MR) is 128 cm³/mol. The lowest BCUT2D eigenvalue weighted by molar-refractivity contribution is -0.126. The van der Waals surface area contributed by atoms with E-state index in [9.17, 15) is 23.2 Å². The number of halogens is 2. The van der Waals surface area contributed by atoms with Crippen LogP contribution in [-0.4, -0.2) is 42.1 Å². The molecule has 1 saturated heterocycles. The maximum atomic E-state index is 13.7. The van der Waals surface area contributed by atoms with Crippen molar-refractivity contribution in [1.82, 2.24) is 10.2 Å². The number of hydrogen-bond acceptors (Lipinski definition) is 3. The Morgan fingerprint density at radius 2 is 1.46 bits per heavy atom. The van der Waals surface area contributed by atoms with Crippen LogP contribution in [0.2, 0.25) is 0 Å². The van der Waals surface area contributed by atoms with Gasteiger partial charge in [0.1, 0.15) is 11.6 Å². The fourth-order valence-corrected chi connectivity index (χ4v) is 4.31. The molecular weight excluding hydrogens is 450 g/mol. The lowest BCUT2D eigenvalue weighted by Gasteiger charge is -2.31. The number of benzene rings is 3. The quantitative estimate of drug-likeness (QED) is 0.514. The summed E-state index contributed by atoms with van der Waals surface area (Å²) in [4.78, 5) is 40.4. The Bertz CT molecular complexity index is 1220. The van der Waals surface area contributed by atoms with Gasteiger partial charge in [-0.2, -0.15) is 0 Å². The Hall–Kier alpha value is -3.87. The number of ketones is 1. The number of carbonyl (C=O) groups excluding carboxylic acids is 3. The van der Waals surface area contributed by atoms with Crippen LogP contribution >= 0.6 is 0 Å². The van der Waals surface area contributed by atoms with Crippen molar-refractivity contribution in [3.8, 4) is 0 Å². The predicted octanol–water partition coefficient (Wildman–Crippen LogP) is 4.41. The van der Waals surface area contributed by atoms with E-state index in [0.717, 1.165) is 0 Å². The summed E-state index contributed by atoms with van der Waals surface area (Å²) in [5.41, 5.74) is 1.41. The monoisotopic (exact) mass is 476 g/mol. The molecule has 0 unspecified atom stereocenters. The number of amides is 2. The van der Waals surface area contributed by atoms with E-state index in [2.05, 4.69) is 5.32 Å². The molecule has 1 heterocycles. The van der Waals surface area contributed by atoms with Crippen LogP contribution in [0.1, 0.15) is 44.7 Å². The van der Waals surface area contributed by atoms with E-state index in [1.807, 2.05) is 0 Å². The minimum Gasteiger partial charge on any atom is -0.356 e. The van der Waals surface area contributed by atoms with Crippen LogP contribution in [0.5, 0.6) is 0 Å². The molecule has 0 bridgehead atoms. The molecule has 2 amide bonds. The van der Waals surface area contributed by atoms with Gasteiger partial charge in [0.15, 0.2) is 5.78 Å². The topological polar surface area (TPSA) is 66.5 Å². The first kappa shape index (κ1) is 24.3. The molecule has 1 N–H and O–H groups in total. The zero-order chi connectivity index (χ0) is 24.8. The van der Waals surface area contributed by atoms with Gasteiger partial charge in [-0.05, 0) is 61.2 Å².